The lowest BCUT2D eigenvalue weighted by Gasteiger charge is -2.08. The molecule has 2 N–H and O–H groups in total. The maximum absolute atomic E-state index is 12.5. The Kier molecular flexibility index (Phi) is 5.66. The molecule has 9 heteroatoms. The average molecular weight is 411 g/mol. The summed E-state index contributed by atoms with van der Waals surface area (Å²) in [5.74, 6) is -1.69. The minimum atomic E-state index is -0.719. The Bertz CT molecular complexity index is 1170. The van der Waals surface area contributed by atoms with Crippen molar-refractivity contribution in [3.63, 3.8) is 0 Å². The van der Waals surface area contributed by atoms with E-state index in [0.717, 1.165) is 4.88 Å². The molecular formula is C20H17N3O5S. The lowest BCUT2D eigenvalue weighted by Crippen LogP contribution is -2.22. The number of hydrogen-bond donors (Lipinski definition) is 2. The van der Waals surface area contributed by atoms with Gasteiger partial charge in [-0.15, -0.1) is 11.3 Å². The summed E-state index contributed by atoms with van der Waals surface area (Å²) in [7, 11) is 0. The summed E-state index contributed by atoms with van der Waals surface area (Å²) in [5.41, 5.74) is 1.59. The third-order valence-electron chi connectivity index (χ3n) is 4.17. The Morgan fingerprint density at radius 2 is 1.93 bits per heavy atom. The first kappa shape index (κ1) is 20.1. The number of benzene rings is 1. The van der Waals surface area contributed by atoms with Crippen molar-refractivity contribution in [2.24, 2.45) is 0 Å². The van der Waals surface area contributed by atoms with Crippen LogP contribution in [-0.2, 0) is 14.3 Å². The van der Waals surface area contributed by atoms with Crippen molar-refractivity contribution in [2.45, 2.75) is 20.8 Å². The van der Waals surface area contributed by atoms with Crippen molar-refractivity contribution in [3.8, 4) is 6.07 Å². The number of furan rings is 1. The van der Waals surface area contributed by atoms with Gasteiger partial charge in [-0.05, 0) is 31.5 Å². The molecule has 0 spiro atoms. The van der Waals surface area contributed by atoms with Crippen LogP contribution in [0.15, 0.2) is 28.7 Å². The van der Waals surface area contributed by atoms with E-state index in [1.54, 1.807) is 31.2 Å². The van der Waals surface area contributed by atoms with E-state index in [1.807, 2.05) is 13.0 Å². The van der Waals surface area contributed by atoms with Crippen molar-refractivity contribution in [3.05, 3.63) is 46.0 Å². The number of nitrogens with zero attached hydrogens (tertiary/aromatic N) is 1. The molecule has 0 bridgehead atoms. The maximum atomic E-state index is 12.5. The second-order valence-electron chi connectivity index (χ2n) is 6.21. The smallest absolute Gasteiger partial charge is 0.341 e. The Labute approximate surface area is 170 Å². The van der Waals surface area contributed by atoms with Gasteiger partial charge in [0, 0.05) is 17.2 Å². The molecule has 3 rings (SSSR count). The maximum Gasteiger partial charge on any atom is 0.341 e. The molecule has 0 saturated carbocycles. The zero-order chi connectivity index (χ0) is 21.1. The number of esters is 1. The molecule has 0 aliphatic rings. The average Bonchev–Trinajstić information content (AvgIpc) is 3.16. The van der Waals surface area contributed by atoms with Crippen molar-refractivity contribution >= 4 is 50.8 Å². The molecule has 29 heavy (non-hydrogen) atoms. The molecule has 2 amide bonds. The summed E-state index contributed by atoms with van der Waals surface area (Å²) in [4.78, 5) is 37.0. The van der Waals surface area contributed by atoms with Crippen LogP contribution >= 0.6 is 11.3 Å². The molecule has 0 radical (unpaired) electrons. The third-order valence-corrected chi connectivity index (χ3v) is 5.30. The predicted octanol–water partition coefficient (Wildman–Crippen LogP) is 3.74. The minimum Gasteiger partial charge on any atom is -0.452 e. The van der Waals surface area contributed by atoms with Gasteiger partial charge in [-0.1, -0.05) is 12.1 Å². The zero-order valence-electron chi connectivity index (χ0n) is 15.9. The SMILES string of the molecule is CC(=O)Nc1sc(C)c(C)c1C(=O)OCC(=O)Nc1c(C#N)oc2ccccc12. The van der Waals surface area contributed by atoms with Gasteiger partial charge in [-0.3, -0.25) is 9.59 Å². The van der Waals surface area contributed by atoms with Crippen LogP contribution in [0.4, 0.5) is 10.7 Å². The normalized spacial score (nSPS) is 10.4. The molecule has 0 aliphatic carbocycles. The van der Waals surface area contributed by atoms with Crippen LogP contribution in [0.3, 0.4) is 0 Å². The van der Waals surface area contributed by atoms with Crippen molar-refractivity contribution in [1.29, 1.82) is 5.26 Å². The van der Waals surface area contributed by atoms with E-state index in [0.29, 0.717) is 21.5 Å². The number of amides is 2. The summed E-state index contributed by atoms with van der Waals surface area (Å²) in [6, 6.07) is 8.77. The molecule has 1 aromatic carbocycles. The number of fused-ring (bicyclic) bond motifs is 1. The number of nitrogens with one attached hydrogen (secondary N) is 2. The third kappa shape index (κ3) is 4.12. The Balaban J connectivity index is 1.73. The van der Waals surface area contributed by atoms with Crippen LogP contribution in [0, 0.1) is 25.2 Å². The molecule has 0 aliphatic heterocycles. The molecule has 8 nitrogen and oxygen atoms in total. The van der Waals surface area contributed by atoms with Gasteiger partial charge < -0.3 is 19.8 Å². The van der Waals surface area contributed by atoms with Gasteiger partial charge in [0.05, 0.1) is 5.56 Å². The van der Waals surface area contributed by atoms with E-state index >= 15 is 0 Å². The lowest BCUT2D eigenvalue weighted by atomic mass is 10.1. The monoisotopic (exact) mass is 411 g/mol. The van der Waals surface area contributed by atoms with E-state index < -0.39 is 18.5 Å². The molecule has 0 atom stereocenters. The molecule has 2 heterocycles. The molecular weight excluding hydrogens is 394 g/mol. The first-order chi connectivity index (χ1) is 13.8. The van der Waals surface area contributed by atoms with E-state index in [4.69, 9.17) is 9.15 Å². The number of nitriles is 1. The number of rotatable bonds is 5. The van der Waals surface area contributed by atoms with E-state index in [1.165, 1.54) is 18.3 Å². The minimum absolute atomic E-state index is 0.0388. The van der Waals surface area contributed by atoms with Crippen LogP contribution in [-0.4, -0.2) is 24.4 Å². The highest BCUT2D eigenvalue weighted by Crippen LogP contribution is 2.33. The number of carbonyl (C=O) groups is 3. The molecule has 3 aromatic rings. The Morgan fingerprint density at radius 1 is 1.21 bits per heavy atom. The highest BCUT2D eigenvalue weighted by atomic mass is 32.1. The Hall–Kier alpha value is -3.64. The summed E-state index contributed by atoms with van der Waals surface area (Å²) in [6.07, 6.45) is 0. The molecule has 0 saturated heterocycles. The van der Waals surface area contributed by atoms with Crippen LogP contribution in [0.1, 0.15) is 33.5 Å². The zero-order valence-corrected chi connectivity index (χ0v) is 16.7. The summed E-state index contributed by atoms with van der Waals surface area (Å²) < 4.78 is 10.5. The van der Waals surface area contributed by atoms with E-state index in [9.17, 15) is 19.6 Å². The largest absolute Gasteiger partial charge is 0.452 e. The van der Waals surface area contributed by atoms with Crippen LogP contribution in [0.2, 0.25) is 0 Å². The van der Waals surface area contributed by atoms with Crippen LogP contribution in [0.25, 0.3) is 11.0 Å². The summed E-state index contributed by atoms with van der Waals surface area (Å²) in [6.45, 7) is 4.35. The second-order valence-corrected chi connectivity index (χ2v) is 7.43. The number of carbonyl (C=O) groups excluding carboxylic acids is 3. The summed E-state index contributed by atoms with van der Waals surface area (Å²) >= 11 is 1.26. The quantitative estimate of drug-likeness (QED) is 0.617. The molecule has 148 valence electrons. The first-order valence-electron chi connectivity index (χ1n) is 8.58. The highest BCUT2D eigenvalue weighted by Gasteiger charge is 2.23. The number of thiophene rings is 1. The number of ether oxygens (including phenoxy) is 1. The fraction of sp³-hybridized carbons (Fsp3) is 0.200. The fourth-order valence-corrected chi connectivity index (χ4v) is 3.84. The fourth-order valence-electron chi connectivity index (χ4n) is 2.75. The van der Waals surface area contributed by atoms with Gasteiger partial charge in [-0.25, -0.2) is 4.79 Å². The van der Waals surface area contributed by atoms with Crippen LogP contribution in [0.5, 0.6) is 0 Å². The van der Waals surface area contributed by atoms with E-state index in [2.05, 4.69) is 10.6 Å². The lowest BCUT2D eigenvalue weighted by molar-refractivity contribution is -0.119. The highest BCUT2D eigenvalue weighted by molar-refractivity contribution is 7.16. The second kappa shape index (κ2) is 8.16. The standard InChI is InChI=1S/C20H17N3O5S/c1-10-11(2)29-19(22-12(3)24)17(10)20(26)27-9-16(25)23-18-13-6-4-5-7-14(13)28-15(18)8-21/h4-7H,9H2,1-3H3,(H,22,24)(H,23,25). The topological polar surface area (TPSA) is 121 Å². The van der Waals surface area contributed by atoms with Gasteiger partial charge in [0.1, 0.15) is 22.3 Å². The van der Waals surface area contributed by atoms with Gasteiger partial charge >= 0.3 is 5.97 Å². The first-order valence-corrected chi connectivity index (χ1v) is 9.39. The number of aryl methyl sites for hydroxylation is 1. The molecule has 0 fully saturated rings. The van der Waals surface area contributed by atoms with E-state index in [-0.39, 0.29) is 22.9 Å². The Morgan fingerprint density at radius 3 is 2.62 bits per heavy atom. The van der Waals surface area contributed by atoms with Crippen molar-refractivity contribution in [1.82, 2.24) is 0 Å². The van der Waals surface area contributed by atoms with Gasteiger partial charge in [0.2, 0.25) is 11.7 Å². The van der Waals surface area contributed by atoms with Gasteiger partial charge in [0.15, 0.2) is 6.61 Å². The molecule has 0 unspecified atom stereocenters. The number of para-hydroxylation sites is 1. The molecule has 2 aromatic heterocycles. The van der Waals surface area contributed by atoms with Gasteiger partial charge in [0.25, 0.3) is 5.91 Å². The summed E-state index contributed by atoms with van der Waals surface area (Å²) in [5, 5.41) is 15.3. The number of anilines is 2. The predicted molar refractivity (Wildman–Crippen MR) is 108 cm³/mol. The number of hydrogen-bond acceptors (Lipinski definition) is 7. The van der Waals surface area contributed by atoms with Crippen LogP contribution < -0.4 is 10.6 Å². The van der Waals surface area contributed by atoms with Crippen molar-refractivity contribution < 1.29 is 23.5 Å². The van der Waals surface area contributed by atoms with Gasteiger partial charge in [-0.2, -0.15) is 5.26 Å². The van der Waals surface area contributed by atoms with Crippen molar-refractivity contribution in [2.75, 3.05) is 17.2 Å².